The Labute approximate surface area is 183 Å². The molecule has 0 atom stereocenters. The van der Waals surface area contributed by atoms with Crippen molar-refractivity contribution in [3.05, 3.63) is 75.6 Å². The number of hydrogen-bond acceptors (Lipinski definition) is 5. The van der Waals surface area contributed by atoms with Gasteiger partial charge >= 0.3 is 6.18 Å². The van der Waals surface area contributed by atoms with E-state index in [1.165, 1.54) is 27.1 Å². The predicted octanol–water partition coefficient (Wildman–Crippen LogP) is 4.60. The summed E-state index contributed by atoms with van der Waals surface area (Å²) in [5, 5.41) is 10.2. The number of carbonyl (C=O) groups excluding carboxylic acids is 1. The maximum atomic E-state index is 13.2. The molecule has 2 aromatic carbocycles. The molecule has 0 fully saturated rings. The van der Waals surface area contributed by atoms with Gasteiger partial charge in [0.25, 0.3) is 5.91 Å². The van der Waals surface area contributed by atoms with Crippen LogP contribution in [0, 0.1) is 13.5 Å². The summed E-state index contributed by atoms with van der Waals surface area (Å²) >= 11 is 0. The van der Waals surface area contributed by atoms with Gasteiger partial charge in [0.1, 0.15) is 13.7 Å². The van der Waals surface area contributed by atoms with Crippen LogP contribution in [0.2, 0.25) is 0 Å². The molecule has 1 amide bonds. The molecule has 0 aliphatic carbocycles. The summed E-state index contributed by atoms with van der Waals surface area (Å²) in [6, 6.07) is 8.57. The van der Waals surface area contributed by atoms with Crippen molar-refractivity contribution in [2.45, 2.75) is 26.6 Å². The molecule has 0 saturated heterocycles. The summed E-state index contributed by atoms with van der Waals surface area (Å²) in [6.45, 7) is 10.2. The molecule has 0 aromatic heterocycles. The molecule has 0 radical (unpaired) electrons. The third-order valence-corrected chi connectivity index (χ3v) is 4.54. The Kier molecular flexibility index (Phi) is 7.96. The molecule has 1 N–H and O–H groups in total. The Hall–Kier alpha value is -3.87. The lowest BCUT2D eigenvalue weighted by Gasteiger charge is -2.13. The number of amides is 1. The zero-order chi connectivity index (χ0) is 23.9. The first-order chi connectivity index (χ1) is 15.1. The largest absolute Gasteiger partial charge is 0.407 e. The number of rotatable bonds is 7. The van der Waals surface area contributed by atoms with E-state index in [4.69, 9.17) is 16.2 Å². The monoisotopic (exact) mass is 446 g/mol. The molecular weight excluding hydrogens is 425 g/mol. The molecule has 2 rings (SSSR count). The minimum atomic E-state index is -4.66. The standard InChI is InChI=1S/C22H21F3N4O3/c1-13-7-6-8-16(20(29-31-5)21(30)27-4)17(13)12-32-28-14(2)15-9-10-19(26-3)18(11-15)22(23,24)25/h6-11H,12H2,1-2,4-5H3,(H,27,30)/b28-14+,29-20+. The van der Waals surface area contributed by atoms with Crippen LogP contribution in [-0.4, -0.2) is 31.5 Å². The van der Waals surface area contributed by atoms with Gasteiger partial charge in [0.2, 0.25) is 0 Å². The smallest absolute Gasteiger partial charge is 0.398 e. The van der Waals surface area contributed by atoms with Gasteiger partial charge < -0.3 is 15.0 Å². The van der Waals surface area contributed by atoms with Crippen molar-refractivity contribution in [3.63, 3.8) is 0 Å². The highest BCUT2D eigenvalue weighted by atomic mass is 19.4. The minimum Gasteiger partial charge on any atom is -0.398 e. The van der Waals surface area contributed by atoms with Crippen molar-refractivity contribution in [1.29, 1.82) is 0 Å². The van der Waals surface area contributed by atoms with Crippen LogP contribution in [0.4, 0.5) is 18.9 Å². The number of halogens is 3. The van der Waals surface area contributed by atoms with E-state index in [9.17, 15) is 18.0 Å². The topological polar surface area (TPSA) is 76.6 Å². The number of oxime groups is 2. The van der Waals surface area contributed by atoms with E-state index in [1.807, 2.05) is 13.0 Å². The van der Waals surface area contributed by atoms with Crippen molar-refractivity contribution in [3.8, 4) is 0 Å². The van der Waals surface area contributed by atoms with Crippen molar-refractivity contribution in [2.75, 3.05) is 14.2 Å². The fourth-order valence-corrected chi connectivity index (χ4v) is 2.87. The van der Waals surface area contributed by atoms with Gasteiger partial charge in [-0.05, 0) is 25.0 Å². The molecule has 0 bridgehead atoms. The fourth-order valence-electron chi connectivity index (χ4n) is 2.87. The van der Waals surface area contributed by atoms with Gasteiger partial charge in [0.05, 0.1) is 17.8 Å². The number of carbonyl (C=O) groups is 1. The van der Waals surface area contributed by atoms with Crippen LogP contribution < -0.4 is 5.32 Å². The number of likely N-dealkylation sites (N-methyl/N-ethyl adjacent to an activating group) is 1. The number of nitrogens with one attached hydrogen (secondary N) is 1. The first-order valence-corrected chi connectivity index (χ1v) is 9.31. The summed E-state index contributed by atoms with van der Waals surface area (Å²) in [5.74, 6) is -0.460. The van der Waals surface area contributed by atoms with E-state index in [1.54, 1.807) is 12.1 Å². The quantitative estimate of drug-likeness (QED) is 0.384. The van der Waals surface area contributed by atoms with E-state index in [0.29, 0.717) is 11.1 Å². The van der Waals surface area contributed by atoms with Crippen LogP contribution in [0.5, 0.6) is 0 Å². The van der Waals surface area contributed by atoms with Crippen LogP contribution in [0.3, 0.4) is 0 Å². The molecule has 2 aromatic rings. The highest BCUT2D eigenvalue weighted by Gasteiger charge is 2.33. The van der Waals surface area contributed by atoms with Gasteiger partial charge in [-0.25, -0.2) is 4.85 Å². The highest BCUT2D eigenvalue weighted by molar-refractivity contribution is 6.45. The van der Waals surface area contributed by atoms with Gasteiger partial charge in [0.15, 0.2) is 11.4 Å². The number of nitrogens with zero attached hydrogens (tertiary/aromatic N) is 3. The molecule has 0 heterocycles. The third kappa shape index (κ3) is 5.63. The maximum absolute atomic E-state index is 13.2. The van der Waals surface area contributed by atoms with Crippen LogP contribution in [0.25, 0.3) is 4.85 Å². The zero-order valence-corrected chi connectivity index (χ0v) is 17.9. The zero-order valence-electron chi connectivity index (χ0n) is 17.9. The van der Waals surface area contributed by atoms with Crippen molar-refractivity contribution < 1.29 is 27.6 Å². The van der Waals surface area contributed by atoms with Crippen molar-refractivity contribution in [1.82, 2.24) is 5.32 Å². The molecule has 0 aliphatic rings. The lowest BCUT2D eigenvalue weighted by molar-refractivity contribution is -0.136. The lowest BCUT2D eigenvalue weighted by atomic mass is 9.98. The summed E-state index contributed by atoms with van der Waals surface area (Å²) in [7, 11) is 2.78. The second kappa shape index (κ2) is 10.4. The first kappa shape index (κ1) is 24.4. The van der Waals surface area contributed by atoms with Crippen LogP contribution in [0.1, 0.15) is 34.7 Å². The van der Waals surface area contributed by atoms with Gasteiger partial charge in [0, 0.05) is 18.2 Å². The molecule has 0 spiro atoms. The molecule has 32 heavy (non-hydrogen) atoms. The summed E-state index contributed by atoms with van der Waals surface area (Å²) in [5.41, 5.74) is 0.764. The first-order valence-electron chi connectivity index (χ1n) is 9.31. The van der Waals surface area contributed by atoms with E-state index < -0.39 is 23.3 Å². The Bertz CT molecular complexity index is 1100. The number of hydrogen-bond donors (Lipinski definition) is 1. The summed E-state index contributed by atoms with van der Waals surface area (Å²) < 4.78 is 39.6. The van der Waals surface area contributed by atoms with Gasteiger partial charge in [-0.1, -0.05) is 46.7 Å². The number of alkyl halides is 3. The summed E-state index contributed by atoms with van der Waals surface area (Å²) in [4.78, 5) is 25.3. The maximum Gasteiger partial charge on any atom is 0.407 e. The number of aryl methyl sites for hydroxylation is 1. The Balaban J connectivity index is 2.34. The second-order valence-corrected chi connectivity index (χ2v) is 6.59. The second-order valence-electron chi connectivity index (χ2n) is 6.59. The molecule has 0 aliphatic heterocycles. The molecular formula is C22H21F3N4O3. The van der Waals surface area contributed by atoms with Crippen molar-refractivity contribution in [2.24, 2.45) is 10.3 Å². The highest BCUT2D eigenvalue weighted by Crippen LogP contribution is 2.37. The average molecular weight is 446 g/mol. The number of benzene rings is 2. The fraction of sp³-hybridized carbons (Fsp3) is 0.273. The third-order valence-electron chi connectivity index (χ3n) is 4.54. The van der Waals surface area contributed by atoms with Crippen LogP contribution >= 0.6 is 0 Å². The summed E-state index contributed by atoms with van der Waals surface area (Å²) in [6.07, 6.45) is -4.66. The average Bonchev–Trinajstić information content (AvgIpc) is 2.76. The van der Waals surface area contributed by atoms with Crippen molar-refractivity contribution >= 4 is 23.0 Å². The van der Waals surface area contributed by atoms with Crippen LogP contribution in [0.15, 0.2) is 46.7 Å². The molecule has 0 saturated carbocycles. The normalized spacial score (nSPS) is 12.2. The van der Waals surface area contributed by atoms with Gasteiger partial charge in [-0.3, -0.25) is 4.79 Å². The Morgan fingerprint density at radius 3 is 2.53 bits per heavy atom. The molecule has 7 nitrogen and oxygen atoms in total. The molecule has 0 unspecified atom stereocenters. The van der Waals surface area contributed by atoms with Gasteiger partial charge in [-0.15, -0.1) is 0 Å². The Morgan fingerprint density at radius 1 is 1.22 bits per heavy atom. The SMILES string of the molecule is [C-]#[N+]c1ccc(/C(C)=N/OCc2c(C)cccc2/C(=N\OC)C(=O)NC)cc1C(F)(F)F. The molecule has 10 heteroatoms. The Morgan fingerprint density at radius 2 is 1.94 bits per heavy atom. The van der Waals surface area contributed by atoms with E-state index in [-0.39, 0.29) is 23.6 Å². The van der Waals surface area contributed by atoms with E-state index >= 15 is 0 Å². The van der Waals surface area contributed by atoms with E-state index in [2.05, 4.69) is 20.5 Å². The molecule has 168 valence electrons. The van der Waals surface area contributed by atoms with E-state index in [0.717, 1.165) is 17.7 Å². The van der Waals surface area contributed by atoms with Gasteiger partial charge in [-0.2, -0.15) is 13.2 Å². The van der Waals surface area contributed by atoms with Crippen LogP contribution in [-0.2, 0) is 27.3 Å². The predicted molar refractivity (Wildman–Crippen MR) is 113 cm³/mol. The lowest BCUT2D eigenvalue weighted by Crippen LogP contribution is -2.29. The minimum absolute atomic E-state index is 0.0440.